The maximum Gasteiger partial charge on any atom is 0.145 e. The van der Waals surface area contributed by atoms with Crippen LogP contribution in [0.1, 0.15) is 19.0 Å². The Hall–Kier alpha value is -1.94. The molecule has 2 rings (SSSR count). The SMILES string of the molecule is CCCNCc1cc(Oc2cccnc2)ccn1. The van der Waals surface area contributed by atoms with E-state index in [9.17, 15) is 0 Å². The Morgan fingerprint density at radius 1 is 1.22 bits per heavy atom. The third-order valence-electron chi connectivity index (χ3n) is 2.39. The maximum absolute atomic E-state index is 5.70. The smallest absolute Gasteiger partial charge is 0.145 e. The molecule has 4 heteroatoms. The summed E-state index contributed by atoms with van der Waals surface area (Å²) in [6, 6.07) is 7.51. The van der Waals surface area contributed by atoms with E-state index in [2.05, 4.69) is 22.2 Å². The molecule has 0 amide bonds. The summed E-state index contributed by atoms with van der Waals surface area (Å²) >= 11 is 0. The lowest BCUT2D eigenvalue weighted by Crippen LogP contribution is -2.14. The maximum atomic E-state index is 5.70. The number of rotatable bonds is 6. The van der Waals surface area contributed by atoms with Crippen molar-refractivity contribution in [1.29, 1.82) is 0 Å². The van der Waals surface area contributed by atoms with Crippen molar-refractivity contribution in [2.75, 3.05) is 6.54 Å². The number of aromatic nitrogens is 2. The highest BCUT2D eigenvalue weighted by Gasteiger charge is 1.99. The first-order valence-electron chi connectivity index (χ1n) is 6.12. The van der Waals surface area contributed by atoms with E-state index in [-0.39, 0.29) is 0 Å². The van der Waals surface area contributed by atoms with Gasteiger partial charge in [-0.15, -0.1) is 0 Å². The van der Waals surface area contributed by atoms with Gasteiger partial charge >= 0.3 is 0 Å². The van der Waals surface area contributed by atoms with Crippen molar-refractivity contribution in [2.24, 2.45) is 0 Å². The van der Waals surface area contributed by atoms with Gasteiger partial charge in [0.25, 0.3) is 0 Å². The molecule has 18 heavy (non-hydrogen) atoms. The summed E-state index contributed by atoms with van der Waals surface area (Å²) in [5, 5.41) is 3.31. The van der Waals surface area contributed by atoms with Crippen LogP contribution < -0.4 is 10.1 Å². The van der Waals surface area contributed by atoms with E-state index in [1.165, 1.54) is 0 Å². The Morgan fingerprint density at radius 3 is 2.94 bits per heavy atom. The minimum Gasteiger partial charge on any atom is -0.456 e. The monoisotopic (exact) mass is 243 g/mol. The van der Waals surface area contributed by atoms with Gasteiger partial charge in [-0.2, -0.15) is 0 Å². The van der Waals surface area contributed by atoms with Gasteiger partial charge in [-0.25, -0.2) is 0 Å². The van der Waals surface area contributed by atoms with Gasteiger partial charge in [0, 0.05) is 25.0 Å². The molecule has 0 atom stereocenters. The lowest BCUT2D eigenvalue weighted by Gasteiger charge is -2.07. The Labute approximate surface area is 107 Å². The molecular formula is C14H17N3O. The molecule has 4 nitrogen and oxygen atoms in total. The fourth-order valence-corrected chi connectivity index (χ4v) is 1.55. The second-order valence-electron chi connectivity index (χ2n) is 3.95. The molecular weight excluding hydrogens is 226 g/mol. The second-order valence-corrected chi connectivity index (χ2v) is 3.95. The summed E-state index contributed by atoms with van der Waals surface area (Å²) in [5.74, 6) is 1.52. The number of hydrogen-bond donors (Lipinski definition) is 1. The van der Waals surface area contributed by atoms with Crippen LogP contribution in [0.5, 0.6) is 11.5 Å². The average molecular weight is 243 g/mol. The van der Waals surface area contributed by atoms with Crippen molar-refractivity contribution in [1.82, 2.24) is 15.3 Å². The first-order valence-corrected chi connectivity index (χ1v) is 6.12. The molecule has 0 saturated heterocycles. The minimum atomic E-state index is 0.733. The summed E-state index contributed by atoms with van der Waals surface area (Å²) in [5.41, 5.74) is 0.977. The van der Waals surface area contributed by atoms with Crippen LogP contribution >= 0.6 is 0 Å². The summed E-state index contributed by atoms with van der Waals surface area (Å²) in [6.45, 7) is 3.90. The number of nitrogens with one attached hydrogen (secondary N) is 1. The Morgan fingerprint density at radius 2 is 2.17 bits per heavy atom. The summed E-state index contributed by atoms with van der Waals surface area (Å²) < 4.78 is 5.70. The van der Waals surface area contributed by atoms with Crippen molar-refractivity contribution < 1.29 is 4.74 Å². The minimum absolute atomic E-state index is 0.733. The molecule has 0 unspecified atom stereocenters. The van der Waals surface area contributed by atoms with Crippen LogP contribution in [0, 0.1) is 0 Å². The van der Waals surface area contributed by atoms with Gasteiger partial charge in [-0.1, -0.05) is 6.92 Å². The van der Waals surface area contributed by atoms with Crippen molar-refractivity contribution in [2.45, 2.75) is 19.9 Å². The number of ether oxygens (including phenoxy) is 1. The molecule has 0 saturated carbocycles. The zero-order valence-electron chi connectivity index (χ0n) is 10.5. The fraction of sp³-hybridized carbons (Fsp3) is 0.286. The van der Waals surface area contributed by atoms with Crippen LogP contribution in [0.2, 0.25) is 0 Å². The van der Waals surface area contributed by atoms with Gasteiger partial charge in [0.1, 0.15) is 11.5 Å². The third kappa shape index (κ3) is 3.82. The van der Waals surface area contributed by atoms with Crippen LogP contribution in [-0.2, 0) is 6.54 Å². The number of nitrogens with zero attached hydrogens (tertiary/aromatic N) is 2. The molecule has 2 aromatic heterocycles. The van der Waals surface area contributed by atoms with Crippen molar-refractivity contribution in [3.63, 3.8) is 0 Å². The largest absolute Gasteiger partial charge is 0.456 e. The highest BCUT2D eigenvalue weighted by Crippen LogP contribution is 2.19. The van der Waals surface area contributed by atoms with E-state index >= 15 is 0 Å². The predicted molar refractivity (Wildman–Crippen MR) is 70.5 cm³/mol. The van der Waals surface area contributed by atoms with Crippen LogP contribution in [0.25, 0.3) is 0 Å². The molecule has 2 heterocycles. The molecule has 2 aromatic rings. The standard InChI is InChI=1S/C14H17N3O/c1-2-6-15-10-12-9-13(5-8-17-12)18-14-4-3-7-16-11-14/h3-5,7-9,11,15H,2,6,10H2,1H3. The van der Waals surface area contributed by atoms with Crippen LogP contribution in [0.4, 0.5) is 0 Å². The molecule has 94 valence electrons. The molecule has 0 radical (unpaired) electrons. The first kappa shape index (κ1) is 12.5. The van der Waals surface area contributed by atoms with Gasteiger partial charge in [-0.05, 0) is 31.2 Å². The molecule has 0 aliphatic rings. The summed E-state index contributed by atoms with van der Waals surface area (Å²) in [6.07, 6.45) is 6.29. The fourth-order valence-electron chi connectivity index (χ4n) is 1.55. The highest BCUT2D eigenvalue weighted by atomic mass is 16.5. The molecule has 0 aliphatic heterocycles. The zero-order chi connectivity index (χ0) is 12.6. The van der Waals surface area contributed by atoms with Crippen LogP contribution in [0.3, 0.4) is 0 Å². The molecule has 0 aliphatic carbocycles. The van der Waals surface area contributed by atoms with Gasteiger partial charge in [-0.3, -0.25) is 9.97 Å². The highest BCUT2D eigenvalue weighted by molar-refractivity contribution is 5.29. The summed E-state index contributed by atoms with van der Waals surface area (Å²) in [7, 11) is 0. The normalized spacial score (nSPS) is 10.3. The molecule has 0 fully saturated rings. The predicted octanol–water partition coefficient (Wildman–Crippen LogP) is 2.77. The Balaban J connectivity index is 1.99. The van der Waals surface area contributed by atoms with Crippen molar-refractivity contribution in [3.8, 4) is 11.5 Å². The van der Waals surface area contributed by atoms with Crippen molar-refractivity contribution >= 4 is 0 Å². The van der Waals surface area contributed by atoms with Crippen LogP contribution in [0.15, 0.2) is 42.9 Å². The van der Waals surface area contributed by atoms with Gasteiger partial charge in [0.15, 0.2) is 0 Å². The topological polar surface area (TPSA) is 47.0 Å². The second kappa shape index (κ2) is 6.71. The number of hydrogen-bond acceptors (Lipinski definition) is 4. The molecule has 1 N–H and O–H groups in total. The molecule has 0 bridgehead atoms. The Bertz CT molecular complexity index is 473. The van der Waals surface area contributed by atoms with E-state index in [1.807, 2.05) is 24.3 Å². The Kier molecular flexibility index (Phi) is 4.67. The average Bonchev–Trinajstić information content (AvgIpc) is 2.41. The van der Waals surface area contributed by atoms with E-state index in [0.717, 1.165) is 36.7 Å². The van der Waals surface area contributed by atoms with Gasteiger partial charge in [0.05, 0.1) is 11.9 Å². The summed E-state index contributed by atoms with van der Waals surface area (Å²) in [4.78, 5) is 8.31. The lowest BCUT2D eigenvalue weighted by molar-refractivity contribution is 0.478. The van der Waals surface area contributed by atoms with E-state index in [4.69, 9.17) is 4.74 Å². The molecule has 0 aromatic carbocycles. The van der Waals surface area contributed by atoms with Crippen LogP contribution in [-0.4, -0.2) is 16.5 Å². The zero-order valence-corrected chi connectivity index (χ0v) is 10.5. The first-order chi connectivity index (χ1) is 8.88. The van der Waals surface area contributed by atoms with E-state index in [1.54, 1.807) is 18.6 Å². The lowest BCUT2D eigenvalue weighted by atomic mass is 10.3. The van der Waals surface area contributed by atoms with Gasteiger partial charge < -0.3 is 10.1 Å². The molecule has 0 spiro atoms. The van der Waals surface area contributed by atoms with Gasteiger partial charge in [0.2, 0.25) is 0 Å². The van der Waals surface area contributed by atoms with E-state index in [0.29, 0.717) is 0 Å². The quantitative estimate of drug-likeness (QED) is 0.792. The van der Waals surface area contributed by atoms with E-state index < -0.39 is 0 Å². The number of pyridine rings is 2. The van der Waals surface area contributed by atoms with Crippen molar-refractivity contribution in [3.05, 3.63) is 48.5 Å². The third-order valence-corrected chi connectivity index (χ3v) is 2.39.